The van der Waals surface area contributed by atoms with Crippen LogP contribution in [0.5, 0.6) is 5.75 Å². The Kier molecular flexibility index (Phi) is 5.62. The first-order chi connectivity index (χ1) is 8.81. The molecule has 0 aromatic heterocycles. The van der Waals surface area contributed by atoms with Crippen molar-refractivity contribution in [3.63, 3.8) is 0 Å². The lowest BCUT2D eigenvalue weighted by molar-refractivity contribution is -0.139. The van der Waals surface area contributed by atoms with E-state index < -0.39 is 24.7 Å². The molecule has 108 valence electrons. The lowest BCUT2D eigenvalue weighted by atomic mass is 10.1. The van der Waals surface area contributed by atoms with Gasteiger partial charge in [-0.25, -0.2) is 0 Å². The number of aliphatic hydroxyl groups excluding tert-OH is 1. The molecule has 0 amide bonds. The molecule has 1 rings (SSSR count). The van der Waals surface area contributed by atoms with E-state index in [0.29, 0.717) is 11.3 Å². The number of benzene rings is 1. The third kappa shape index (κ3) is 5.94. The van der Waals surface area contributed by atoms with Gasteiger partial charge in [0.15, 0.2) is 0 Å². The van der Waals surface area contributed by atoms with Gasteiger partial charge in [-0.15, -0.1) is 0 Å². The van der Waals surface area contributed by atoms with Crippen molar-refractivity contribution in [1.29, 1.82) is 0 Å². The van der Waals surface area contributed by atoms with E-state index in [0.717, 1.165) is 0 Å². The minimum Gasteiger partial charge on any atom is -0.497 e. The summed E-state index contributed by atoms with van der Waals surface area (Å²) in [6.07, 6.45) is -5.96. The standard InChI is InChI=1S/C13H18F3NO2/c1-9(7-13(14,15)16)17-8-12(18)10-3-5-11(19-2)6-4-10/h3-6,9,12,17-18H,7-8H2,1-2H3. The normalized spacial score (nSPS) is 15.1. The summed E-state index contributed by atoms with van der Waals surface area (Å²) in [5.74, 6) is 0.661. The molecule has 2 atom stereocenters. The summed E-state index contributed by atoms with van der Waals surface area (Å²) >= 11 is 0. The Labute approximate surface area is 110 Å². The van der Waals surface area contributed by atoms with E-state index in [1.807, 2.05) is 0 Å². The Morgan fingerprint density at radius 3 is 2.32 bits per heavy atom. The quantitative estimate of drug-likeness (QED) is 0.840. The Balaban J connectivity index is 2.43. The SMILES string of the molecule is COc1ccc(C(O)CNC(C)CC(F)(F)F)cc1. The van der Waals surface area contributed by atoms with Crippen molar-refractivity contribution in [1.82, 2.24) is 5.32 Å². The zero-order valence-corrected chi connectivity index (χ0v) is 10.9. The van der Waals surface area contributed by atoms with E-state index in [1.165, 1.54) is 14.0 Å². The average molecular weight is 277 g/mol. The van der Waals surface area contributed by atoms with E-state index in [9.17, 15) is 18.3 Å². The van der Waals surface area contributed by atoms with E-state index >= 15 is 0 Å². The molecule has 0 saturated heterocycles. The topological polar surface area (TPSA) is 41.5 Å². The van der Waals surface area contributed by atoms with Crippen molar-refractivity contribution in [2.45, 2.75) is 31.7 Å². The zero-order chi connectivity index (χ0) is 14.5. The molecule has 0 saturated carbocycles. The van der Waals surface area contributed by atoms with Crippen molar-refractivity contribution in [3.8, 4) is 5.75 Å². The first kappa shape index (κ1) is 15.8. The predicted molar refractivity (Wildman–Crippen MR) is 66.1 cm³/mol. The fourth-order valence-corrected chi connectivity index (χ4v) is 1.68. The molecule has 0 aliphatic rings. The molecular formula is C13H18F3NO2. The number of nitrogens with one attached hydrogen (secondary N) is 1. The zero-order valence-electron chi connectivity index (χ0n) is 10.9. The van der Waals surface area contributed by atoms with E-state index in [2.05, 4.69) is 5.32 Å². The largest absolute Gasteiger partial charge is 0.497 e. The highest BCUT2D eigenvalue weighted by Crippen LogP contribution is 2.22. The molecule has 0 spiro atoms. The van der Waals surface area contributed by atoms with Crippen LogP contribution in [0.15, 0.2) is 24.3 Å². The Bertz CT molecular complexity index is 378. The van der Waals surface area contributed by atoms with Crippen LogP contribution in [-0.4, -0.2) is 31.0 Å². The highest BCUT2D eigenvalue weighted by Gasteiger charge is 2.29. The van der Waals surface area contributed by atoms with Gasteiger partial charge in [0, 0.05) is 12.6 Å². The second-order valence-corrected chi connectivity index (χ2v) is 4.42. The Morgan fingerprint density at radius 2 is 1.84 bits per heavy atom. The predicted octanol–water partition coefficient (Wildman–Crippen LogP) is 2.66. The summed E-state index contributed by atoms with van der Waals surface area (Å²) in [4.78, 5) is 0. The van der Waals surface area contributed by atoms with Crippen LogP contribution in [0.1, 0.15) is 25.0 Å². The fraction of sp³-hybridized carbons (Fsp3) is 0.538. The Morgan fingerprint density at radius 1 is 1.26 bits per heavy atom. The van der Waals surface area contributed by atoms with Crippen molar-refractivity contribution in [2.75, 3.05) is 13.7 Å². The Hall–Kier alpha value is -1.27. The van der Waals surface area contributed by atoms with Crippen LogP contribution in [0.3, 0.4) is 0 Å². The molecule has 0 radical (unpaired) electrons. The van der Waals surface area contributed by atoms with E-state index in [-0.39, 0.29) is 6.54 Å². The summed E-state index contributed by atoms with van der Waals surface area (Å²) in [7, 11) is 1.53. The highest BCUT2D eigenvalue weighted by molar-refractivity contribution is 5.28. The summed E-state index contributed by atoms with van der Waals surface area (Å²) in [6, 6.07) is 6.02. The molecule has 1 aromatic rings. The first-order valence-electron chi connectivity index (χ1n) is 5.94. The van der Waals surface area contributed by atoms with E-state index in [1.54, 1.807) is 24.3 Å². The number of halogens is 3. The van der Waals surface area contributed by atoms with Crippen molar-refractivity contribution in [2.24, 2.45) is 0 Å². The molecule has 0 bridgehead atoms. The first-order valence-corrected chi connectivity index (χ1v) is 5.94. The molecule has 0 aliphatic carbocycles. The minimum absolute atomic E-state index is 0.0730. The summed E-state index contributed by atoms with van der Waals surface area (Å²) in [5.41, 5.74) is 0.632. The van der Waals surface area contributed by atoms with E-state index in [4.69, 9.17) is 4.74 Å². The smallest absolute Gasteiger partial charge is 0.390 e. The van der Waals surface area contributed by atoms with Gasteiger partial charge in [-0.2, -0.15) is 13.2 Å². The monoisotopic (exact) mass is 277 g/mol. The van der Waals surface area contributed by atoms with Crippen molar-refractivity contribution in [3.05, 3.63) is 29.8 Å². The number of hydrogen-bond acceptors (Lipinski definition) is 3. The lowest BCUT2D eigenvalue weighted by Gasteiger charge is -2.18. The molecular weight excluding hydrogens is 259 g/mol. The van der Waals surface area contributed by atoms with Gasteiger partial charge in [-0.3, -0.25) is 0 Å². The number of ether oxygens (including phenoxy) is 1. The van der Waals surface area contributed by atoms with Gasteiger partial charge in [0.25, 0.3) is 0 Å². The lowest BCUT2D eigenvalue weighted by Crippen LogP contribution is -2.34. The average Bonchev–Trinajstić information content (AvgIpc) is 2.34. The summed E-state index contributed by atoms with van der Waals surface area (Å²) in [6.45, 7) is 1.51. The summed E-state index contributed by atoms with van der Waals surface area (Å²) < 4.78 is 41.3. The van der Waals surface area contributed by atoms with Crippen LogP contribution >= 0.6 is 0 Å². The van der Waals surface area contributed by atoms with Gasteiger partial charge in [0.1, 0.15) is 5.75 Å². The van der Waals surface area contributed by atoms with Gasteiger partial charge in [-0.1, -0.05) is 12.1 Å². The fourth-order valence-electron chi connectivity index (χ4n) is 1.68. The van der Waals surface area contributed by atoms with Gasteiger partial charge in [-0.05, 0) is 24.6 Å². The van der Waals surface area contributed by atoms with Gasteiger partial charge < -0.3 is 15.2 Å². The van der Waals surface area contributed by atoms with Crippen LogP contribution in [0.2, 0.25) is 0 Å². The molecule has 3 nitrogen and oxygen atoms in total. The van der Waals surface area contributed by atoms with Gasteiger partial charge >= 0.3 is 6.18 Å². The minimum atomic E-state index is -4.20. The van der Waals surface area contributed by atoms with Crippen LogP contribution in [0, 0.1) is 0 Å². The molecule has 2 N–H and O–H groups in total. The van der Waals surface area contributed by atoms with Crippen LogP contribution < -0.4 is 10.1 Å². The van der Waals surface area contributed by atoms with Crippen LogP contribution in [-0.2, 0) is 0 Å². The molecule has 1 aromatic carbocycles. The molecule has 2 unspecified atom stereocenters. The maximum Gasteiger partial charge on any atom is 0.390 e. The van der Waals surface area contributed by atoms with Crippen molar-refractivity contribution < 1.29 is 23.0 Å². The second kappa shape index (κ2) is 6.77. The number of hydrogen-bond donors (Lipinski definition) is 2. The third-order valence-electron chi connectivity index (χ3n) is 2.70. The molecule has 0 heterocycles. The van der Waals surface area contributed by atoms with Gasteiger partial charge in [0.05, 0.1) is 19.6 Å². The maximum absolute atomic E-state index is 12.1. The molecule has 0 aliphatic heterocycles. The number of alkyl halides is 3. The van der Waals surface area contributed by atoms with Crippen molar-refractivity contribution >= 4 is 0 Å². The highest BCUT2D eigenvalue weighted by atomic mass is 19.4. The molecule has 19 heavy (non-hydrogen) atoms. The molecule has 0 fully saturated rings. The van der Waals surface area contributed by atoms with Gasteiger partial charge in [0.2, 0.25) is 0 Å². The number of methoxy groups -OCH3 is 1. The second-order valence-electron chi connectivity index (χ2n) is 4.42. The van der Waals surface area contributed by atoms with Crippen LogP contribution in [0.25, 0.3) is 0 Å². The number of aliphatic hydroxyl groups is 1. The molecule has 6 heteroatoms. The van der Waals surface area contributed by atoms with Crippen LogP contribution in [0.4, 0.5) is 13.2 Å². The maximum atomic E-state index is 12.1. The summed E-state index contributed by atoms with van der Waals surface area (Å²) in [5, 5.41) is 12.5. The number of rotatable bonds is 6. The third-order valence-corrected chi connectivity index (χ3v) is 2.70.